The van der Waals surface area contributed by atoms with Crippen molar-refractivity contribution in [1.82, 2.24) is 4.98 Å². The van der Waals surface area contributed by atoms with Gasteiger partial charge in [-0.1, -0.05) is 139 Å². The number of thiazole rings is 1. The zero-order valence-corrected chi connectivity index (χ0v) is 28.3. The van der Waals surface area contributed by atoms with Gasteiger partial charge in [0.25, 0.3) is 0 Å². The summed E-state index contributed by atoms with van der Waals surface area (Å²) in [5.74, 6) is 14.3. The van der Waals surface area contributed by atoms with Crippen molar-refractivity contribution in [2.24, 2.45) is 5.92 Å². The minimum atomic E-state index is 0.0787. The van der Waals surface area contributed by atoms with Gasteiger partial charge in [0.2, 0.25) is 0 Å². The van der Waals surface area contributed by atoms with E-state index in [0.717, 1.165) is 32.3 Å². The molecule has 0 spiro atoms. The fourth-order valence-corrected chi connectivity index (χ4v) is 9.48. The average Bonchev–Trinajstić information content (AvgIpc) is 3.76. The highest BCUT2D eigenvalue weighted by molar-refractivity contribution is 8.04. The summed E-state index contributed by atoms with van der Waals surface area (Å²) in [6, 6.07) is 41.7. The van der Waals surface area contributed by atoms with Crippen LogP contribution in [0.1, 0.15) is 33.4 Å². The maximum atomic E-state index is 5.43. The monoisotopic (exact) mass is 645 g/mol. The van der Waals surface area contributed by atoms with Crippen LogP contribution in [0.25, 0.3) is 37.8 Å². The van der Waals surface area contributed by atoms with Crippen molar-refractivity contribution in [2.75, 3.05) is 0 Å². The van der Waals surface area contributed by atoms with E-state index in [9.17, 15) is 0 Å². The van der Waals surface area contributed by atoms with Gasteiger partial charge in [-0.25, -0.2) is 4.98 Å². The zero-order valence-electron chi connectivity index (χ0n) is 25.9. The van der Waals surface area contributed by atoms with Gasteiger partial charge in [-0.3, -0.25) is 0 Å². The summed E-state index contributed by atoms with van der Waals surface area (Å²) >= 11 is 5.43. The van der Waals surface area contributed by atoms with Gasteiger partial charge in [-0.2, -0.15) is 0 Å². The SMILES string of the molecule is Cc1sc(-c2ccccc2)c(C)c1-c1nc(-c2ccccc2)sc1C1=C(C#Cc2ccccc2)SC(C#Cc2ccccc2)C1C. The summed E-state index contributed by atoms with van der Waals surface area (Å²) in [4.78, 5) is 10.3. The Hall–Kier alpha value is -4.58. The third kappa shape index (κ3) is 6.13. The Kier molecular flexibility index (Phi) is 8.78. The molecular formula is C42H31NS3. The smallest absolute Gasteiger partial charge is 0.124 e. The largest absolute Gasteiger partial charge is 0.235 e. The number of thioether (sulfide) groups is 1. The van der Waals surface area contributed by atoms with E-state index in [1.165, 1.54) is 36.9 Å². The lowest BCUT2D eigenvalue weighted by molar-refractivity contribution is 0.811. The first-order chi connectivity index (χ1) is 22.6. The molecule has 222 valence electrons. The molecule has 1 aliphatic heterocycles. The van der Waals surface area contributed by atoms with Gasteiger partial charge < -0.3 is 0 Å². The van der Waals surface area contributed by atoms with Crippen LogP contribution in [-0.4, -0.2) is 10.2 Å². The Morgan fingerprint density at radius 1 is 0.609 bits per heavy atom. The molecule has 0 N–H and O–H groups in total. The summed E-state index contributed by atoms with van der Waals surface area (Å²) in [6.07, 6.45) is 0. The van der Waals surface area contributed by atoms with Crippen molar-refractivity contribution in [3.05, 3.63) is 153 Å². The molecule has 0 saturated carbocycles. The number of hydrogen-bond donors (Lipinski definition) is 0. The van der Waals surface area contributed by atoms with Gasteiger partial charge in [-0.05, 0) is 54.8 Å². The summed E-state index contributed by atoms with van der Waals surface area (Å²) in [5.41, 5.74) is 9.22. The normalized spacial score (nSPS) is 15.6. The van der Waals surface area contributed by atoms with E-state index in [1.54, 1.807) is 23.1 Å². The standard InChI is InChI=1S/C42H31NS3/c1-28-35(26-24-31-16-8-4-9-17-31)45-36(27-25-32-18-10-5-11-19-32)38(28)41-39(43-42(46-41)34-22-14-7-15-23-34)37-29(2)40(44-30(37)3)33-20-12-6-13-21-33/h4-23,28,35H,1-3H3. The van der Waals surface area contributed by atoms with Gasteiger partial charge in [-0.15, -0.1) is 22.7 Å². The molecule has 0 fully saturated rings. The zero-order chi connectivity index (χ0) is 31.5. The first-order valence-electron chi connectivity index (χ1n) is 15.3. The molecule has 0 bridgehead atoms. The quantitative estimate of drug-likeness (QED) is 0.177. The number of nitrogens with zero attached hydrogens (tertiary/aromatic N) is 1. The van der Waals surface area contributed by atoms with E-state index in [4.69, 9.17) is 4.98 Å². The van der Waals surface area contributed by atoms with Crippen LogP contribution in [0.5, 0.6) is 0 Å². The lowest BCUT2D eigenvalue weighted by Crippen LogP contribution is -2.08. The highest BCUT2D eigenvalue weighted by atomic mass is 32.2. The molecule has 2 aromatic heterocycles. The predicted molar refractivity (Wildman–Crippen MR) is 200 cm³/mol. The fourth-order valence-electron chi connectivity index (χ4n) is 5.78. The van der Waals surface area contributed by atoms with E-state index in [2.05, 4.69) is 129 Å². The summed E-state index contributed by atoms with van der Waals surface area (Å²) < 4.78 is 0. The fraction of sp³-hybridized carbons (Fsp3) is 0.119. The first-order valence-corrected chi connectivity index (χ1v) is 17.8. The second-order valence-corrected chi connectivity index (χ2v) is 14.6. The molecule has 3 heterocycles. The Bertz CT molecular complexity index is 2150. The molecule has 6 aromatic rings. The Morgan fingerprint density at radius 2 is 1.17 bits per heavy atom. The van der Waals surface area contributed by atoms with E-state index < -0.39 is 0 Å². The highest BCUT2D eigenvalue weighted by Crippen LogP contribution is 2.53. The van der Waals surface area contributed by atoms with Crippen LogP contribution in [0.4, 0.5) is 0 Å². The molecule has 0 amide bonds. The molecule has 7 rings (SSSR count). The second-order valence-electron chi connectivity index (χ2n) is 11.2. The number of rotatable bonds is 4. The number of hydrogen-bond acceptors (Lipinski definition) is 4. The Morgan fingerprint density at radius 3 is 1.80 bits per heavy atom. The topological polar surface area (TPSA) is 12.9 Å². The number of aromatic nitrogens is 1. The molecular weight excluding hydrogens is 615 g/mol. The van der Waals surface area contributed by atoms with Crippen molar-refractivity contribution >= 4 is 40.0 Å². The molecule has 4 heteroatoms. The van der Waals surface area contributed by atoms with Crippen LogP contribution in [0.3, 0.4) is 0 Å². The maximum Gasteiger partial charge on any atom is 0.124 e. The van der Waals surface area contributed by atoms with Crippen LogP contribution in [-0.2, 0) is 0 Å². The number of benzene rings is 4. The maximum absolute atomic E-state index is 5.43. The average molecular weight is 646 g/mol. The highest BCUT2D eigenvalue weighted by Gasteiger charge is 2.36. The van der Waals surface area contributed by atoms with Gasteiger partial charge in [0.1, 0.15) is 5.01 Å². The summed E-state index contributed by atoms with van der Waals surface area (Å²) in [7, 11) is 0. The molecule has 1 aliphatic rings. The third-order valence-corrected chi connectivity index (χ3v) is 11.8. The number of thiophene rings is 1. The van der Waals surface area contributed by atoms with E-state index in [1.807, 2.05) is 47.7 Å². The molecule has 0 radical (unpaired) electrons. The second kappa shape index (κ2) is 13.4. The molecule has 0 aliphatic carbocycles. The Labute approximate surface area is 284 Å². The van der Waals surface area contributed by atoms with Gasteiger partial charge >= 0.3 is 0 Å². The van der Waals surface area contributed by atoms with Crippen LogP contribution >= 0.6 is 34.4 Å². The predicted octanol–water partition coefficient (Wildman–Crippen LogP) is 11.4. The molecule has 2 atom stereocenters. The van der Waals surface area contributed by atoms with Gasteiger partial charge in [0, 0.05) is 37.9 Å². The van der Waals surface area contributed by atoms with Crippen LogP contribution < -0.4 is 0 Å². The minimum absolute atomic E-state index is 0.0787. The van der Waals surface area contributed by atoms with Crippen LogP contribution in [0, 0.1) is 43.4 Å². The molecule has 0 saturated heterocycles. The Balaban J connectivity index is 1.42. The molecule has 46 heavy (non-hydrogen) atoms. The van der Waals surface area contributed by atoms with Crippen molar-refractivity contribution in [2.45, 2.75) is 26.0 Å². The van der Waals surface area contributed by atoms with Crippen LogP contribution in [0.2, 0.25) is 0 Å². The summed E-state index contributed by atoms with van der Waals surface area (Å²) in [6.45, 7) is 6.78. The van der Waals surface area contributed by atoms with Crippen molar-refractivity contribution in [3.63, 3.8) is 0 Å². The third-order valence-electron chi connectivity index (χ3n) is 8.11. The first kappa shape index (κ1) is 30.1. The molecule has 2 unspecified atom stereocenters. The molecule has 4 aromatic carbocycles. The lowest BCUT2D eigenvalue weighted by atomic mass is 9.92. The van der Waals surface area contributed by atoms with E-state index in [-0.39, 0.29) is 11.2 Å². The van der Waals surface area contributed by atoms with Crippen molar-refractivity contribution in [1.29, 1.82) is 0 Å². The minimum Gasteiger partial charge on any atom is -0.235 e. The molecule has 1 nitrogen and oxygen atoms in total. The van der Waals surface area contributed by atoms with E-state index in [0.29, 0.717) is 0 Å². The van der Waals surface area contributed by atoms with Gasteiger partial charge in [0.05, 0.1) is 20.7 Å². The van der Waals surface area contributed by atoms with E-state index >= 15 is 0 Å². The summed E-state index contributed by atoms with van der Waals surface area (Å²) in [5, 5.41) is 1.10. The van der Waals surface area contributed by atoms with Crippen molar-refractivity contribution < 1.29 is 0 Å². The number of allylic oxidation sites excluding steroid dienone is 2. The van der Waals surface area contributed by atoms with Crippen LogP contribution in [0.15, 0.2) is 126 Å². The van der Waals surface area contributed by atoms with Crippen molar-refractivity contribution in [3.8, 4) is 56.0 Å². The van der Waals surface area contributed by atoms with Gasteiger partial charge in [0.15, 0.2) is 0 Å². The number of aryl methyl sites for hydroxylation is 1. The lowest BCUT2D eigenvalue weighted by Gasteiger charge is -2.13.